The summed E-state index contributed by atoms with van der Waals surface area (Å²) in [4.78, 5) is 0. The van der Waals surface area contributed by atoms with Crippen LogP contribution in [0.15, 0.2) is 0 Å². The molecule has 2 aliphatic rings. The third-order valence-corrected chi connectivity index (χ3v) is 3.59. The summed E-state index contributed by atoms with van der Waals surface area (Å²) in [7, 11) is 0. The van der Waals surface area contributed by atoms with E-state index in [1.807, 2.05) is 0 Å². The molecule has 0 aromatic rings. The summed E-state index contributed by atoms with van der Waals surface area (Å²) in [6.45, 7) is 1.29. The number of nitrogens with one attached hydrogen (secondary N) is 1. The van der Waals surface area contributed by atoms with Gasteiger partial charge >= 0.3 is 0 Å². The summed E-state index contributed by atoms with van der Waals surface area (Å²) in [6, 6.07) is 0.903. The van der Waals surface area contributed by atoms with E-state index in [4.69, 9.17) is 0 Å². The fourth-order valence-corrected chi connectivity index (χ4v) is 2.79. The number of hydrogen-bond donors (Lipinski definition) is 1. The Morgan fingerprint density at radius 3 is 3.22 bits per heavy atom. The van der Waals surface area contributed by atoms with E-state index < -0.39 is 0 Å². The summed E-state index contributed by atoms with van der Waals surface area (Å²) in [5.74, 6) is 3.84. The summed E-state index contributed by atoms with van der Waals surface area (Å²) < 4.78 is 0. The molecule has 2 heterocycles. The maximum Gasteiger partial charge on any atom is 0.0116 e. The van der Waals surface area contributed by atoms with Crippen molar-refractivity contribution in [1.29, 1.82) is 0 Å². The Hall–Kier alpha value is 0.310. The van der Waals surface area contributed by atoms with Crippen LogP contribution in [0.1, 0.15) is 12.8 Å². The largest absolute Gasteiger partial charge is 0.313 e. The van der Waals surface area contributed by atoms with Gasteiger partial charge in [0, 0.05) is 12.6 Å². The first-order valence-electron chi connectivity index (χ1n) is 3.78. The molecule has 0 spiro atoms. The molecule has 0 aromatic heterocycles. The van der Waals surface area contributed by atoms with Crippen molar-refractivity contribution in [2.75, 3.05) is 18.1 Å². The van der Waals surface area contributed by atoms with Crippen LogP contribution in [0.5, 0.6) is 0 Å². The van der Waals surface area contributed by atoms with Crippen LogP contribution in [0.2, 0.25) is 0 Å². The molecule has 2 unspecified atom stereocenters. The lowest BCUT2D eigenvalue weighted by molar-refractivity contribution is 0.247. The van der Waals surface area contributed by atoms with E-state index in [0.29, 0.717) is 0 Å². The number of fused-ring (bicyclic) bond motifs is 1. The summed E-state index contributed by atoms with van der Waals surface area (Å²) >= 11 is 2.14. The third kappa shape index (κ3) is 1.10. The van der Waals surface area contributed by atoms with Crippen LogP contribution in [0.25, 0.3) is 0 Å². The SMILES string of the molecule is C1CSCC2CNC2C1. The topological polar surface area (TPSA) is 12.0 Å². The highest BCUT2D eigenvalue weighted by Crippen LogP contribution is 2.26. The molecule has 2 rings (SSSR count). The van der Waals surface area contributed by atoms with Crippen LogP contribution in [0.4, 0.5) is 0 Å². The van der Waals surface area contributed by atoms with E-state index in [2.05, 4.69) is 17.1 Å². The molecule has 0 saturated carbocycles. The normalized spacial score (nSPS) is 42.7. The van der Waals surface area contributed by atoms with Gasteiger partial charge in [0.25, 0.3) is 0 Å². The van der Waals surface area contributed by atoms with Crippen molar-refractivity contribution in [3.05, 3.63) is 0 Å². The number of rotatable bonds is 0. The lowest BCUT2D eigenvalue weighted by Crippen LogP contribution is -2.53. The molecule has 0 aromatic carbocycles. The molecular weight excluding hydrogens is 130 g/mol. The Morgan fingerprint density at radius 2 is 2.44 bits per heavy atom. The van der Waals surface area contributed by atoms with Gasteiger partial charge in [0.05, 0.1) is 0 Å². The molecule has 1 N–H and O–H groups in total. The van der Waals surface area contributed by atoms with E-state index in [-0.39, 0.29) is 0 Å². The third-order valence-electron chi connectivity index (χ3n) is 2.35. The summed E-state index contributed by atoms with van der Waals surface area (Å²) in [5.41, 5.74) is 0. The molecule has 2 aliphatic heterocycles. The minimum atomic E-state index is 0.903. The molecule has 52 valence electrons. The average molecular weight is 143 g/mol. The van der Waals surface area contributed by atoms with E-state index in [1.54, 1.807) is 0 Å². The first-order chi connectivity index (χ1) is 4.47. The Labute approximate surface area is 60.6 Å². The van der Waals surface area contributed by atoms with Gasteiger partial charge in [-0.25, -0.2) is 0 Å². The van der Waals surface area contributed by atoms with Gasteiger partial charge in [0.1, 0.15) is 0 Å². The molecule has 1 nitrogen and oxygen atoms in total. The highest BCUT2D eigenvalue weighted by Gasteiger charge is 2.30. The Morgan fingerprint density at radius 1 is 1.44 bits per heavy atom. The van der Waals surface area contributed by atoms with Crippen molar-refractivity contribution < 1.29 is 0 Å². The summed E-state index contributed by atoms with van der Waals surface area (Å²) in [5, 5.41) is 3.47. The Kier molecular flexibility index (Phi) is 1.68. The molecule has 9 heavy (non-hydrogen) atoms. The van der Waals surface area contributed by atoms with Crippen molar-refractivity contribution in [1.82, 2.24) is 5.32 Å². The van der Waals surface area contributed by atoms with Crippen LogP contribution >= 0.6 is 11.8 Å². The van der Waals surface area contributed by atoms with Crippen molar-refractivity contribution in [2.24, 2.45) is 5.92 Å². The van der Waals surface area contributed by atoms with E-state index in [0.717, 1.165) is 12.0 Å². The first-order valence-corrected chi connectivity index (χ1v) is 4.93. The average Bonchev–Trinajstić information content (AvgIpc) is 1.94. The predicted molar refractivity (Wildman–Crippen MR) is 41.8 cm³/mol. The second kappa shape index (κ2) is 2.51. The fraction of sp³-hybridized carbons (Fsp3) is 1.00. The van der Waals surface area contributed by atoms with Gasteiger partial charge < -0.3 is 5.32 Å². The van der Waals surface area contributed by atoms with Gasteiger partial charge in [-0.2, -0.15) is 11.8 Å². The molecule has 0 aliphatic carbocycles. The van der Waals surface area contributed by atoms with Crippen molar-refractivity contribution in [3.8, 4) is 0 Å². The second-order valence-electron chi connectivity index (χ2n) is 2.99. The number of thioether (sulfide) groups is 1. The predicted octanol–water partition coefficient (Wildman–Crippen LogP) is 1.10. The summed E-state index contributed by atoms with van der Waals surface area (Å²) in [6.07, 6.45) is 2.86. The first kappa shape index (κ1) is 6.05. The maximum atomic E-state index is 3.47. The van der Waals surface area contributed by atoms with Gasteiger partial charge in [0.2, 0.25) is 0 Å². The lowest BCUT2D eigenvalue weighted by Gasteiger charge is -2.36. The van der Waals surface area contributed by atoms with Gasteiger partial charge in [0.15, 0.2) is 0 Å². The second-order valence-corrected chi connectivity index (χ2v) is 4.14. The van der Waals surface area contributed by atoms with E-state index in [1.165, 1.54) is 30.9 Å². The maximum absolute atomic E-state index is 3.47. The highest BCUT2D eigenvalue weighted by atomic mass is 32.2. The van der Waals surface area contributed by atoms with Crippen LogP contribution in [0.3, 0.4) is 0 Å². The lowest BCUT2D eigenvalue weighted by atomic mass is 9.90. The highest BCUT2D eigenvalue weighted by molar-refractivity contribution is 7.99. The zero-order valence-corrected chi connectivity index (χ0v) is 6.41. The van der Waals surface area contributed by atoms with Crippen LogP contribution in [-0.2, 0) is 0 Å². The minimum Gasteiger partial charge on any atom is -0.313 e. The zero-order valence-electron chi connectivity index (χ0n) is 5.60. The molecular formula is C7H13NS. The Balaban J connectivity index is 1.90. The quantitative estimate of drug-likeness (QED) is 0.545. The number of hydrogen-bond acceptors (Lipinski definition) is 2. The Bertz CT molecular complexity index is 93.1. The van der Waals surface area contributed by atoms with Crippen LogP contribution < -0.4 is 5.32 Å². The minimum absolute atomic E-state index is 0.903. The van der Waals surface area contributed by atoms with E-state index >= 15 is 0 Å². The van der Waals surface area contributed by atoms with Gasteiger partial charge in [-0.05, 0) is 30.3 Å². The van der Waals surface area contributed by atoms with Crippen LogP contribution in [0, 0.1) is 5.92 Å². The van der Waals surface area contributed by atoms with Crippen molar-refractivity contribution in [2.45, 2.75) is 18.9 Å². The molecule has 2 fully saturated rings. The van der Waals surface area contributed by atoms with Gasteiger partial charge in [-0.15, -0.1) is 0 Å². The standard InChI is InChI=1S/C7H13NS/c1-2-7-6(4-8-7)5-9-3-1/h6-8H,1-5H2. The van der Waals surface area contributed by atoms with Gasteiger partial charge in [-0.3, -0.25) is 0 Å². The molecule has 2 atom stereocenters. The molecule has 0 bridgehead atoms. The van der Waals surface area contributed by atoms with E-state index in [9.17, 15) is 0 Å². The molecule has 2 saturated heterocycles. The zero-order chi connectivity index (χ0) is 6.10. The fourth-order valence-electron chi connectivity index (χ4n) is 1.60. The molecule has 0 amide bonds. The smallest absolute Gasteiger partial charge is 0.0116 e. The monoisotopic (exact) mass is 143 g/mol. The molecule has 2 heteroatoms. The molecule has 0 radical (unpaired) electrons. The van der Waals surface area contributed by atoms with Gasteiger partial charge in [-0.1, -0.05) is 0 Å². The van der Waals surface area contributed by atoms with Crippen molar-refractivity contribution >= 4 is 11.8 Å². The van der Waals surface area contributed by atoms with Crippen molar-refractivity contribution in [3.63, 3.8) is 0 Å². The van der Waals surface area contributed by atoms with Crippen LogP contribution in [-0.4, -0.2) is 24.1 Å².